The largest absolute Gasteiger partial charge is 0.485 e. The number of benzene rings is 1. The van der Waals surface area contributed by atoms with E-state index >= 15 is 0 Å². The molecule has 0 aliphatic heterocycles. The third-order valence-electron chi connectivity index (χ3n) is 2.73. The minimum absolute atomic E-state index is 0.0822. The number of nitriles is 1. The van der Waals surface area contributed by atoms with Gasteiger partial charge in [0.2, 0.25) is 5.78 Å². The van der Waals surface area contributed by atoms with Crippen LogP contribution in [0.4, 0.5) is 0 Å². The van der Waals surface area contributed by atoms with E-state index in [4.69, 9.17) is 14.4 Å². The second-order valence-electron chi connectivity index (χ2n) is 4.24. The Labute approximate surface area is 111 Å². The molecule has 1 heterocycles. The lowest BCUT2D eigenvalue weighted by Crippen LogP contribution is -2.12. The molecular weight excluding hydrogens is 242 g/mol. The Balaban J connectivity index is 2.12. The van der Waals surface area contributed by atoms with Crippen LogP contribution >= 0.6 is 0 Å². The molecule has 4 nitrogen and oxygen atoms in total. The summed E-state index contributed by atoms with van der Waals surface area (Å²) in [4.78, 5) is 11.8. The number of nitrogens with zero attached hydrogens (tertiary/aromatic N) is 1. The SMILES string of the molecule is Cc1cc(C#N)cc(C)c1OCC(=O)c1ccco1. The Morgan fingerprint density at radius 2 is 2.05 bits per heavy atom. The van der Waals surface area contributed by atoms with Crippen LogP contribution in [-0.2, 0) is 0 Å². The summed E-state index contributed by atoms with van der Waals surface area (Å²) in [7, 11) is 0. The van der Waals surface area contributed by atoms with E-state index in [1.54, 1.807) is 24.3 Å². The van der Waals surface area contributed by atoms with E-state index in [2.05, 4.69) is 6.07 Å². The van der Waals surface area contributed by atoms with Crippen molar-refractivity contribution in [1.29, 1.82) is 5.26 Å². The molecule has 96 valence electrons. The number of carbonyl (C=O) groups excluding carboxylic acids is 1. The summed E-state index contributed by atoms with van der Waals surface area (Å²) in [5.74, 6) is 0.705. The number of Topliss-reactive ketones (excluding diaryl/α,β-unsaturated/α-hetero) is 1. The third-order valence-corrected chi connectivity index (χ3v) is 2.73. The first-order chi connectivity index (χ1) is 9.11. The molecule has 0 N–H and O–H groups in total. The van der Waals surface area contributed by atoms with Gasteiger partial charge in [0.25, 0.3) is 0 Å². The number of ketones is 1. The monoisotopic (exact) mass is 255 g/mol. The quantitative estimate of drug-likeness (QED) is 0.788. The van der Waals surface area contributed by atoms with Crippen molar-refractivity contribution < 1.29 is 13.9 Å². The van der Waals surface area contributed by atoms with Gasteiger partial charge in [0.1, 0.15) is 5.75 Å². The van der Waals surface area contributed by atoms with Crippen molar-refractivity contribution in [2.24, 2.45) is 0 Å². The van der Waals surface area contributed by atoms with Gasteiger partial charge in [0.15, 0.2) is 12.4 Å². The normalized spacial score (nSPS) is 9.95. The molecule has 0 spiro atoms. The van der Waals surface area contributed by atoms with Crippen LogP contribution in [0, 0.1) is 25.2 Å². The van der Waals surface area contributed by atoms with Crippen molar-refractivity contribution in [3.05, 3.63) is 53.0 Å². The summed E-state index contributed by atoms with van der Waals surface area (Å²) in [5, 5.41) is 8.86. The van der Waals surface area contributed by atoms with Crippen LogP contribution in [0.5, 0.6) is 5.75 Å². The molecule has 0 amide bonds. The number of rotatable bonds is 4. The van der Waals surface area contributed by atoms with Gasteiger partial charge in [0, 0.05) is 0 Å². The number of aryl methyl sites for hydroxylation is 2. The van der Waals surface area contributed by atoms with Crippen molar-refractivity contribution in [3.63, 3.8) is 0 Å². The second-order valence-corrected chi connectivity index (χ2v) is 4.24. The van der Waals surface area contributed by atoms with Crippen molar-refractivity contribution in [2.75, 3.05) is 6.61 Å². The van der Waals surface area contributed by atoms with Crippen LogP contribution < -0.4 is 4.74 Å². The van der Waals surface area contributed by atoms with Gasteiger partial charge in [-0.25, -0.2) is 0 Å². The first-order valence-electron chi connectivity index (χ1n) is 5.82. The molecule has 0 radical (unpaired) electrons. The molecule has 19 heavy (non-hydrogen) atoms. The third kappa shape index (κ3) is 2.83. The van der Waals surface area contributed by atoms with Crippen LogP contribution in [0.15, 0.2) is 34.9 Å². The summed E-state index contributed by atoms with van der Waals surface area (Å²) >= 11 is 0. The van der Waals surface area contributed by atoms with Gasteiger partial charge in [-0.3, -0.25) is 4.79 Å². The van der Waals surface area contributed by atoms with Crippen LogP contribution in [0.3, 0.4) is 0 Å². The van der Waals surface area contributed by atoms with Gasteiger partial charge in [-0.05, 0) is 49.2 Å². The van der Waals surface area contributed by atoms with E-state index in [-0.39, 0.29) is 18.2 Å². The summed E-state index contributed by atoms with van der Waals surface area (Å²) < 4.78 is 10.5. The predicted molar refractivity (Wildman–Crippen MR) is 69.2 cm³/mol. The van der Waals surface area contributed by atoms with Gasteiger partial charge < -0.3 is 9.15 Å². The minimum Gasteiger partial charge on any atom is -0.485 e. The highest BCUT2D eigenvalue weighted by molar-refractivity contribution is 5.94. The lowest BCUT2D eigenvalue weighted by molar-refractivity contribution is 0.0893. The first kappa shape index (κ1) is 12.9. The molecule has 4 heteroatoms. The second kappa shape index (κ2) is 5.40. The van der Waals surface area contributed by atoms with Crippen molar-refractivity contribution in [2.45, 2.75) is 13.8 Å². The fourth-order valence-electron chi connectivity index (χ4n) is 1.89. The Kier molecular flexibility index (Phi) is 3.67. The van der Waals surface area contributed by atoms with Crippen LogP contribution in [0.2, 0.25) is 0 Å². The Hall–Kier alpha value is -2.54. The van der Waals surface area contributed by atoms with Gasteiger partial charge in [0.05, 0.1) is 17.9 Å². The van der Waals surface area contributed by atoms with Gasteiger partial charge in [-0.2, -0.15) is 5.26 Å². The Morgan fingerprint density at radius 1 is 1.37 bits per heavy atom. The Bertz CT molecular complexity index is 613. The maximum atomic E-state index is 11.8. The minimum atomic E-state index is -0.215. The standard InChI is InChI=1S/C15H13NO3/c1-10-6-12(8-16)7-11(2)15(10)19-9-13(17)14-4-3-5-18-14/h3-7H,9H2,1-2H3. The van der Waals surface area contributed by atoms with Crippen molar-refractivity contribution >= 4 is 5.78 Å². The van der Waals surface area contributed by atoms with E-state index in [1.807, 2.05) is 13.8 Å². The molecule has 0 saturated carbocycles. The topological polar surface area (TPSA) is 63.2 Å². The molecule has 0 bridgehead atoms. The lowest BCUT2D eigenvalue weighted by atomic mass is 10.1. The summed E-state index contributed by atoms with van der Waals surface area (Å²) in [6.07, 6.45) is 1.45. The van der Waals surface area contributed by atoms with Gasteiger partial charge in [-0.15, -0.1) is 0 Å². The highest BCUT2D eigenvalue weighted by Crippen LogP contribution is 2.24. The summed E-state index contributed by atoms with van der Waals surface area (Å²) in [6.45, 7) is 3.61. The average molecular weight is 255 g/mol. The van der Waals surface area contributed by atoms with Crippen molar-refractivity contribution in [1.82, 2.24) is 0 Å². The zero-order valence-corrected chi connectivity index (χ0v) is 10.8. The van der Waals surface area contributed by atoms with Gasteiger partial charge in [-0.1, -0.05) is 0 Å². The summed E-state index contributed by atoms with van der Waals surface area (Å²) in [5.41, 5.74) is 2.26. The molecule has 0 saturated heterocycles. The number of furan rings is 1. The van der Waals surface area contributed by atoms with E-state index in [0.29, 0.717) is 11.3 Å². The number of hydrogen-bond acceptors (Lipinski definition) is 4. The van der Waals surface area contributed by atoms with Crippen LogP contribution in [0.1, 0.15) is 27.2 Å². The zero-order chi connectivity index (χ0) is 13.8. The predicted octanol–water partition coefficient (Wildman–Crippen LogP) is 3.03. The lowest BCUT2D eigenvalue weighted by Gasteiger charge is -2.11. The molecule has 1 aromatic heterocycles. The van der Waals surface area contributed by atoms with Gasteiger partial charge >= 0.3 is 0 Å². The Morgan fingerprint density at radius 3 is 2.58 bits per heavy atom. The molecule has 2 aromatic rings. The fourth-order valence-corrected chi connectivity index (χ4v) is 1.89. The van der Waals surface area contributed by atoms with Crippen molar-refractivity contribution in [3.8, 4) is 11.8 Å². The first-order valence-corrected chi connectivity index (χ1v) is 5.82. The number of hydrogen-bond donors (Lipinski definition) is 0. The fraction of sp³-hybridized carbons (Fsp3) is 0.200. The number of carbonyl (C=O) groups is 1. The van der Waals surface area contributed by atoms with Crippen LogP contribution in [-0.4, -0.2) is 12.4 Å². The average Bonchev–Trinajstić information content (AvgIpc) is 2.91. The molecule has 2 rings (SSSR count). The summed E-state index contributed by atoms with van der Waals surface area (Å²) in [6, 6.07) is 8.82. The van der Waals surface area contributed by atoms with Crippen LogP contribution in [0.25, 0.3) is 0 Å². The highest BCUT2D eigenvalue weighted by atomic mass is 16.5. The van der Waals surface area contributed by atoms with E-state index < -0.39 is 0 Å². The number of ether oxygens (including phenoxy) is 1. The maximum absolute atomic E-state index is 11.8. The molecule has 0 unspecified atom stereocenters. The van der Waals surface area contributed by atoms with E-state index in [9.17, 15) is 4.79 Å². The highest BCUT2D eigenvalue weighted by Gasteiger charge is 2.12. The zero-order valence-electron chi connectivity index (χ0n) is 10.8. The molecular formula is C15H13NO3. The molecule has 1 aromatic carbocycles. The van der Waals surface area contributed by atoms with E-state index in [1.165, 1.54) is 6.26 Å². The molecule has 0 fully saturated rings. The smallest absolute Gasteiger partial charge is 0.235 e. The molecule has 0 atom stereocenters. The van der Waals surface area contributed by atoms with E-state index in [0.717, 1.165) is 11.1 Å². The maximum Gasteiger partial charge on any atom is 0.235 e. The molecule has 0 aliphatic carbocycles. The molecule has 0 aliphatic rings.